The molecule has 8 heteroatoms. The third-order valence-electron chi connectivity index (χ3n) is 5.26. The van der Waals surface area contributed by atoms with Gasteiger partial charge in [-0.3, -0.25) is 0 Å². The molecule has 4 rings (SSSR count). The summed E-state index contributed by atoms with van der Waals surface area (Å²) in [7, 11) is 1.31. The SMILES string of the molecule is COC(=O)C1COc2cc(C[C@H](C)N3C[C@H](c4cccc(Cl)c4)OC3=O)ccc2O1. The molecule has 0 aromatic heterocycles. The normalized spacial score (nSPS) is 21.2. The number of benzene rings is 2. The van der Waals surface area contributed by atoms with E-state index in [1.54, 1.807) is 17.0 Å². The van der Waals surface area contributed by atoms with Gasteiger partial charge in [-0.05, 0) is 48.7 Å². The zero-order chi connectivity index (χ0) is 21.3. The van der Waals surface area contributed by atoms with Crippen LogP contribution < -0.4 is 9.47 Å². The summed E-state index contributed by atoms with van der Waals surface area (Å²) in [5, 5.41) is 0.612. The molecule has 158 valence electrons. The van der Waals surface area contributed by atoms with Gasteiger partial charge >= 0.3 is 12.1 Å². The highest BCUT2D eigenvalue weighted by atomic mass is 35.5. The second-order valence-corrected chi connectivity index (χ2v) is 7.79. The van der Waals surface area contributed by atoms with Crippen LogP contribution in [0.15, 0.2) is 42.5 Å². The van der Waals surface area contributed by atoms with E-state index in [9.17, 15) is 9.59 Å². The number of hydrogen-bond acceptors (Lipinski definition) is 6. The average Bonchev–Trinajstić information content (AvgIpc) is 3.14. The molecule has 2 heterocycles. The highest BCUT2D eigenvalue weighted by Crippen LogP contribution is 2.34. The Morgan fingerprint density at radius 3 is 2.83 bits per heavy atom. The van der Waals surface area contributed by atoms with Crippen molar-refractivity contribution in [2.24, 2.45) is 0 Å². The molecule has 1 fully saturated rings. The lowest BCUT2D eigenvalue weighted by Gasteiger charge is -2.26. The minimum Gasteiger partial charge on any atom is -0.485 e. The summed E-state index contributed by atoms with van der Waals surface area (Å²) >= 11 is 6.06. The molecule has 1 unspecified atom stereocenters. The number of ether oxygens (including phenoxy) is 4. The van der Waals surface area contributed by atoms with E-state index in [-0.39, 0.29) is 24.8 Å². The minimum absolute atomic E-state index is 0.0768. The van der Waals surface area contributed by atoms with E-state index >= 15 is 0 Å². The largest absolute Gasteiger partial charge is 0.485 e. The van der Waals surface area contributed by atoms with Crippen LogP contribution in [0.2, 0.25) is 5.02 Å². The van der Waals surface area contributed by atoms with Crippen molar-refractivity contribution >= 4 is 23.7 Å². The fraction of sp³-hybridized carbons (Fsp3) is 0.364. The van der Waals surface area contributed by atoms with E-state index in [2.05, 4.69) is 0 Å². The summed E-state index contributed by atoms with van der Waals surface area (Å²) in [4.78, 5) is 25.8. The highest BCUT2D eigenvalue weighted by molar-refractivity contribution is 6.30. The highest BCUT2D eigenvalue weighted by Gasteiger charge is 2.35. The smallest absolute Gasteiger partial charge is 0.410 e. The molecule has 0 aliphatic carbocycles. The molecule has 3 atom stereocenters. The third kappa shape index (κ3) is 4.16. The molecule has 0 radical (unpaired) electrons. The van der Waals surface area contributed by atoms with Gasteiger partial charge in [0.15, 0.2) is 11.5 Å². The molecule has 7 nitrogen and oxygen atoms in total. The van der Waals surface area contributed by atoms with Crippen LogP contribution in [0.3, 0.4) is 0 Å². The van der Waals surface area contributed by atoms with Crippen molar-refractivity contribution in [3.8, 4) is 11.5 Å². The summed E-state index contributed by atoms with van der Waals surface area (Å²) in [6, 6.07) is 12.8. The summed E-state index contributed by atoms with van der Waals surface area (Å²) < 4.78 is 21.6. The van der Waals surface area contributed by atoms with E-state index in [1.807, 2.05) is 37.3 Å². The summed E-state index contributed by atoms with van der Waals surface area (Å²) in [6.07, 6.45) is -0.829. The predicted molar refractivity (Wildman–Crippen MR) is 109 cm³/mol. The zero-order valence-corrected chi connectivity index (χ0v) is 17.4. The van der Waals surface area contributed by atoms with Gasteiger partial charge in [0, 0.05) is 11.1 Å². The second-order valence-electron chi connectivity index (χ2n) is 7.35. The Balaban J connectivity index is 1.41. The number of cyclic esters (lactones) is 1. The summed E-state index contributed by atoms with van der Waals surface area (Å²) in [5.74, 6) is 0.593. The molecule has 1 saturated heterocycles. The molecule has 0 spiro atoms. The quantitative estimate of drug-likeness (QED) is 0.671. The Morgan fingerprint density at radius 1 is 1.23 bits per heavy atom. The van der Waals surface area contributed by atoms with Crippen molar-refractivity contribution in [1.82, 2.24) is 4.90 Å². The predicted octanol–water partition coefficient (Wildman–Crippen LogP) is 3.78. The second kappa shape index (κ2) is 8.44. The molecule has 0 saturated carbocycles. The molecule has 2 aliphatic rings. The van der Waals surface area contributed by atoms with Gasteiger partial charge < -0.3 is 23.8 Å². The number of rotatable bonds is 5. The number of amides is 1. The van der Waals surface area contributed by atoms with Crippen LogP contribution in [-0.4, -0.2) is 49.4 Å². The van der Waals surface area contributed by atoms with Gasteiger partial charge in [-0.25, -0.2) is 9.59 Å². The van der Waals surface area contributed by atoms with Crippen molar-refractivity contribution in [1.29, 1.82) is 0 Å². The van der Waals surface area contributed by atoms with E-state index in [0.29, 0.717) is 29.5 Å². The summed E-state index contributed by atoms with van der Waals surface area (Å²) in [5.41, 5.74) is 1.87. The number of fused-ring (bicyclic) bond motifs is 1. The topological polar surface area (TPSA) is 74.3 Å². The molecule has 30 heavy (non-hydrogen) atoms. The number of esters is 1. The first-order valence-electron chi connectivity index (χ1n) is 9.67. The number of nitrogens with zero attached hydrogens (tertiary/aromatic N) is 1. The van der Waals surface area contributed by atoms with Crippen LogP contribution in [0.25, 0.3) is 0 Å². The van der Waals surface area contributed by atoms with E-state index < -0.39 is 12.1 Å². The number of methoxy groups -OCH3 is 1. The minimum atomic E-state index is -0.768. The van der Waals surface area contributed by atoms with E-state index in [0.717, 1.165) is 11.1 Å². The average molecular weight is 432 g/mol. The molecule has 0 N–H and O–H groups in total. The Labute approximate surface area is 179 Å². The van der Waals surface area contributed by atoms with Gasteiger partial charge in [-0.15, -0.1) is 0 Å². The monoisotopic (exact) mass is 431 g/mol. The van der Waals surface area contributed by atoms with Crippen LogP contribution in [0.1, 0.15) is 24.2 Å². The van der Waals surface area contributed by atoms with Crippen LogP contribution in [0.4, 0.5) is 4.79 Å². The van der Waals surface area contributed by atoms with Crippen molar-refractivity contribution in [3.05, 3.63) is 58.6 Å². The lowest BCUT2D eigenvalue weighted by molar-refractivity contribution is -0.151. The Kier molecular flexibility index (Phi) is 5.72. The first kappa shape index (κ1) is 20.3. The van der Waals surface area contributed by atoms with Gasteiger partial charge in [0.05, 0.1) is 13.7 Å². The Bertz CT molecular complexity index is 964. The fourth-order valence-electron chi connectivity index (χ4n) is 3.66. The van der Waals surface area contributed by atoms with Crippen molar-refractivity contribution < 1.29 is 28.5 Å². The maximum absolute atomic E-state index is 12.4. The summed E-state index contributed by atoms with van der Waals surface area (Å²) in [6.45, 7) is 2.54. The van der Waals surface area contributed by atoms with Crippen LogP contribution in [-0.2, 0) is 20.7 Å². The zero-order valence-electron chi connectivity index (χ0n) is 16.7. The maximum Gasteiger partial charge on any atom is 0.410 e. The maximum atomic E-state index is 12.4. The van der Waals surface area contributed by atoms with Crippen molar-refractivity contribution in [2.45, 2.75) is 31.6 Å². The van der Waals surface area contributed by atoms with E-state index in [1.165, 1.54) is 7.11 Å². The van der Waals surface area contributed by atoms with Crippen molar-refractivity contribution in [2.75, 3.05) is 20.3 Å². The standard InChI is InChI=1S/C22H22ClNO6/c1-13(24-11-19(30-22(24)26)15-4-3-5-16(23)10-15)8-14-6-7-17-18(9-14)28-12-20(29-17)21(25)27-2/h3-7,9-10,13,19-20H,8,11-12H2,1-2H3/t13-,19+,20?/m0/s1. The molecule has 2 aromatic rings. The number of carbonyl (C=O) groups is 2. The molecule has 1 amide bonds. The molecule has 2 aliphatic heterocycles. The van der Waals surface area contributed by atoms with Crippen LogP contribution >= 0.6 is 11.6 Å². The molecule has 2 aromatic carbocycles. The lowest BCUT2D eigenvalue weighted by atomic mass is 10.0. The molecular weight excluding hydrogens is 410 g/mol. The first-order chi connectivity index (χ1) is 14.4. The van der Waals surface area contributed by atoms with Crippen LogP contribution in [0.5, 0.6) is 11.5 Å². The Hall–Kier alpha value is -2.93. The molecule has 0 bridgehead atoms. The number of halogens is 1. The third-order valence-corrected chi connectivity index (χ3v) is 5.49. The number of hydrogen-bond donors (Lipinski definition) is 0. The van der Waals surface area contributed by atoms with E-state index in [4.69, 9.17) is 30.5 Å². The van der Waals surface area contributed by atoms with Gasteiger partial charge in [0.2, 0.25) is 6.10 Å². The molecular formula is C22H22ClNO6. The van der Waals surface area contributed by atoms with Crippen molar-refractivity contribution in [3.63, 3.8) is 0 Å². The lowest BCUT2D eigenvalue weighted by Crippen LogP contribution is -2.37. The van der Waals surface area contributed by atoms with Gasteiger partial charge in [0.1, 0.15) is 12.7 Å². The fourth-order valence-corrected chi connectivity index (χ4v) is 3.86. The Morgan fingerprint density at radius 2 is 2.07 bits per heavy atom. The first-order valence-corrected chi connectivity index (χ1v) is 10.1. The van der Waals surface area contributed by atoms with Gasteiger partial charge in [0.25, 0.3) is 0 Å². The number of carbonyl (C=O) groups excluding carboxylic acids is 2. The van der Waals surface area contributed by atoms with Gasteiger partial charge in [-0.2, -0.15) is 0 Å². The van der Waals surface area contributed by atoms with Gasteiger partial charge in [-0.1, -0.05) is 29.8 Å². The van der Waals surface area contributed by atoms with Crippen LogP contribution in [0, 0.1) is 0 Å².